The molecule has 1 heterocycles. The van der Waals surface area contributed by atoms with Crippen molar-refractivity contribution in [3.63, 3.8) is 0 Å². The number of carbonyl (C=O) groups excluding carboxylic acids is 1. The van der Waals surface area contributed by atoms with Gasteiger partial charge in [0.25, 0.3) is 0 Å². The lowest BCUT2D eigenvalue weighted by Crippen LogP contribution is -2.06. The molecule has 0 bridgehead atoms. The lowest BCUT2D eigenvalue weighted by molar-refractivity contribution is 0.112. The van der Waals surface area contributed by atoms with Gasteiger partial charge in [0.15, 0.2) is 11.3 Å². The van der Waals surface area contributed by atoms with Crippen LogP contribution in [0.1, 0.15) is 15.9 Å². The number of methoxy groups -OCH3 is 1. The van der Waals surface area contributed by atoms with Gasteiger partial charge in [-0.3, -0.25) is 9.78 Å². The number of hydrogen-bond donors (Lipinski definition) is 0. The molecule has 0 aliphatic carbocycles. The first kappa shape index (κ1) is 14.2. The highest BCUT2D eigenvalue weighted by Crippen LogP contribution is 2.29. The molecular formula is C14H9F2NO2S. The highest BCUT2D eigenvalue weighted by Gasteiger charge is 2.20. The summed E-state index contributed by atoms with van der Waals surface area (Å²) in [6.07, 6.45) is 1.65. The van der Waals surface area contributed by atoms with Gasteiger partial charge in [-0.05, 0) is 36.5 Å². The first-order valence-corrected chi connectivity index (χ1v) is 5.97. The van der Waals surface area contributed by atoms with Crippen LogP contribution in [0.15, 0.2) is 30.5 Å². The predicted octanol–water partition coefficient (Wildman–Crippen LogP) is 3.16. The highest BCUT2D eigenvalue weighted by atomic mass is 32.1. The number of aromatic nitrogens is 1. The lowest BCUT2D eigenvalue weighted by Gasteiger charge is -2.11. The third-order valence-corrected chi connectivity index (χ3v) is 3.10. The van der Waals surface area contributed by atoms with E-state index in [4.69, 9.17) is 17.0 Å². The van der Waals surface area contributed by atoms with Crippen molar-refractivity contribution < 1.29 is 18.3 Å². The Balaban J connectivity index is 2.79. The average molecular weight is 293 g/mol. The first-order valence-electron chi connectivity index (χ1n) is 5.57. The van der Waals surface area contributed by atoms with Gasteiger partial charge in [0, 0.05) is 6.20 Å². The van der Waals surface area contributed by atoms with Crippen LogP contribution in [-0.2, 0) is 4.74 Å². The molecule has 0 amide bonds. The van der Waals surface area contributed by atoms with Gasteiger partial charge in [-0.25, -0.2) is 8.78 Å². The van der Waals surface area contributed by atoms with E-state index in [-0.39, 0.29) is 22.6 Å². The number of nitrogens with zero attached hydrogens (tertiary/aromatic N) is 1. The minimum Gasteiger partial charge on any atom is -0.486 e. The molecule has 2 rings (SSSR count). The molecular weight excluding hydrogens is 284 g/mol. The number of ether oxygens (including phenoxy) is 1. The van der Waals surface area contributed by atoms with Gasteiger partial charge in [-0.2, -0.15) is 0 Å². The van der Waals surface area contributed by atoms with Crippen LogP contribution in [0.3, 0.4) is 0 Å². The van der Waals surface area contributed by atoms with E-state index < -0.39 is 17.2 Å². The molecule has 0 saturated carbocycles. The van der Waals surface area contributed by atoms with E-state index in [1.54, 1.807) is 12.1 Å². The summed E-state index contributed by atoms with van der Waals surface area (Å²) >= 11 is 5.00. The van der Waals surface area contributed by atoms with Gasteiger partial charge in [0.2, 0.25) is 0 Å². The molecule has 0 aliphatic rings. The Kier molecular flexibility index (Phi) is 4.14. The number of carbonyl (C=O) groups is 1. The van der Waals surface area contributed by atoms with Crippen LogP contribution < -0.4 is 0 Å². The quantitative estimate of drug-likeness (QED) is 0.643. The zero-order valence-electron chi connectivity index (χ0n) is 10.4. The number of rotatable bonds is 3. The SMILES string of the molecule is COC(=S)c1cccnc1-c1c(F)ccc(F)c1C=O. The van der Waals surface area contributed by atoms with Crippen LogP contribution in [0.2, 0.25) is 0 Å². The number of thiocarbonyl (C=S) groups is 1. The summed E-state index contributed by atoms with van der Waals surface area (Å²) in [6.45, 7) is 0. The Hall–Kier alpha value is -2.21. The van der Waals surface area contributed by atoms with Gasteiger partial charge in [-0.15, -0.1) is 0 Å². The summed E-state index contributed by atoms with van der Waals surface area (Å²) in [5, 5.41) is 0.0774. The highest BCUT2D eigenvalue weighted by molar-refractivity contribution is 7.80. The average Bonchev–Trinajstić information content (AvgIpc) is 2.48. The lowest BCUT2D eigenvalue weighted by atomic mass is 10.00. The first-order chi connectivity index (χ1) is 9.60. The molecule has 0 unspecified atom stereocenters. The second-order valence-corrected chi connectivity index (χ2v) is 4.20. The summed E-state index contributed by atoms with van der Waals surface area (Å²) in [5.74, 6) is -1.58. The molecule has 0 spiro atoms. The maximum atomic E-state index is 14.0. The van der Waals surface area contributed by atoms with Gasteiger partial charge in [0.05, 0.1) is 29.5 Å². The Morgan fingerprint density at radius 2 is 2.00 bits per heavy atom. The van der Waals surface area contributed by atoms with Crippen LogP contribution in [0, 0.1) is 11.6 Å². The van der Waals surface area contributed by atoms with Gasteiger partial charge < -0.3 is 4.74 Å². The Bertz CT molecular complexity index is 689. The van der Waals surface area contributed by atoms with Crippen LogP contribution in [0.5, 0.6) is 0 Å². The molecule has 0 atom stereocenters. The summed E-state index contributed by atoms with van der Waals surface area (Å²) in [7, 11) is 1.36. The number of hydrogen-bond acceptors (Lipinski definition) is 4. The number of pyridine rings is 1. The Labute approximate surface area is 119 Å². The third-order valence-electron chi connectivity index (χ3n) is 2.71. The summed E-state index contributed by atoms with van der Waals surface area (Å²) in [6, 6.07) is 4.97. The van der Waals surface area contributed by atoms with Crippen LogP contribution in [-0.4, -0.2) is 23.4 Å². The summed E-state index contributed by atoms with van der Waals surface area (Å²) < 4.78 is 32.6. The van der Waals surface area contributed by atoms with Crippen molar-refractivity contribution in [1.29, 1.82) is 0 Å². The van der Waals surface area contributed by atoms with Crippen molar-refractivity contribution in [2.24, 2.45) is 0 Å². The molecule has 0 fully saturated rings. The van der Waals surface area contributed by atoms with E-state index in [2.05, 4.69) is 4.98 Å². The van der Waals surface area contributed by atoms with E-state index >= 15 is 0 Å². The summed E-state index contributed by atoms with van der Waals surface area (Å²) in [5.41, 5.74) is -0.241. The summed E-state index contributed by atoms with van der Waals surface area (Å²) in [4.78, 5) is 15.0. The Morgan fingerprint density at radius 3 is 2.65 bits per heavy atom. The van der Waals surface area contributed by atoms with Gasteiger partial charge in [0.1, 0.15) is 11.6 Å². The predicted molar refractivity (Wildman–Crippen MR) is 73.7 cm³/mol. The third kappa shape index (κ3) is 2.42. The molecule has 1 aromatic heterocycles. The topological polar surface area (TPSA) is 39.2 Å². The van der Waals surface area contributed by atoms with E-state index in [1.807, 2.05) is 0 Å². The minimum atomic E-state index is -0.823. The smallest absolute Gasteiger partial charge is 0.193 e. The van der Waals surface area contributed by atoms with Crippen molar-refractivity contribution in [2.75, 3.05) is 7.11 Å². The van der Waals surface area contributed by atoms with Crippen LogP contribution >= 0.6 is 12.2 Å². The Morgan fingerprint density at radius 1 is 1.30 bits per heavy atom. The van der Waals surface area contributed by atoms with E-state index in [0.717, 1.165) is 12.1 Å². The minimum absolute atomic E-state index is 0.0680. The monoisotopic (exact) mass is 293 g/mol. The fraction of sp³-hybridized carbons (Fsp3) is 0.0714. The van der Waals surface area contributed by atoms with Crippen molar-refractivity contribution >= 4 is 23.6 Å². The van der Waals surface area contributed by atoms with Crippen molar-refractivity contribution in [1.82, 2.24) is 4.98 Å². The molecule has 6 heteroatoms. The standard InChI is InChI=1S/C14H9F2NO2S/c1-19-14(20)8-3-2-6-17-13(8)12-9(7-18)10(15)4-5-11(12)16/h2-7H,1H3. The number of halogens is 2. The molecule has 0 aliphatic heterocycles. The molecule has 0 radical (unpaired) electrons. The van der Waals surface area contributed by atoms with Crippen molar-refractivity contribution in [3.8, 4) is 11.3 Å². The van der Waals surface area contributed by atoms with E-state index in [1.165, 1.54) is 13.3 Å². The number of benzene rings is 1. The molecule has 3 nitrogen and oxygen atoms in total. The zero-order valence-corrected chi connectivity index (χ0v) is 11.2. The molecule has 0 N–H and O–H groups in total. The zero-order chi connectivity index (χ0) is 14.7. The van der Waals surface area contributed by atoms with Crippen molar-refractivity contribution in [3.05, 3.63) is 53.2 Å². The molecule has 1 aromatic carbocycles. The molecule has 102 valence electrons. The number of aldehydes is 1. The van der Waals surface area contributed by atoms with Crippen molar-refractivity contribution in [2.45, 2.75) is 0 Å². The maximum Gasteiger partial charge on any atom is 0.193 e. The van der Waals surface area contributed by atoms with E-state index in [0.29, 0.717) is 5.56 Å². The fourth-order valence-corrected chi connectivity index (χ4v) is 1.97. The van der Waals surface area contributed by atoms with Crippen LogP contribution in [0.4, 0.5) is 8.78 Å². The van der Waals surface area contributed by atoms with Crippen LogP contribution in [0.25, 0.3) is 11.3 Å². The van der Waals surface area contributed by atoms with Gasteiger partial charge >= 0.3 is 0 Å². The van der Waals surface area contributed by atoms with E-state index in [9.17, 15) is 13.6 Å². The maximum absolute atomic E-state index is 14.0. The molecule has 2 aromatic rings. The second-order valence-electron chi connectivity index (χ2n) is 3.83. The normalized spacial score (nSPS) is 10.2. The molecule has 20 heavy (non-hydrogen) atoms. The molecule has 0 saturated heterocycles. The van der Waals surface area contributed by atoms with Gasteiger partial charge in [-0.1, -0.05) is 0 Å². The largest absolute Gasteiger partial charge is 0.486 e. The second kappa shape index (κ2) is 5.83. The fourth-order valence-electron chi connectivity index (χ4n) is 1.80.